The number of aromatic carboxylic acids is 1. The molecule has 2 aromatic carbocycles. The molecule has 7 nitrogen and oxygen atoms in total. The maximum atomic E-state index is 12.6. The molecule has 142 valence electrons. The van der Waals surface area contributed by atoms with Crippen molar-refractivity contribution in [3.8, 4) is 0 Å². The maximum Gasteiger partial charge on any atom is 0.337 e. The zero-order valence-corrected chi connectivity index (χ0v) is 15.4. The number of nitrogens with zero attached hydrogens (tertiary/aromatic N) is 1. The van der Waals surface area contributed by atoms with E-state index in [1.165, 1.54) is 22.5 Å². The predicted octanol–water partition coefficient (Wildman–Crippen LogP) is 2.46. The molecule has 0 bridgehead atoms. The van der Waals surface area contributed by atoms with Crippen molar-refractivity contribution in [2.24, 2.45) is 0 Å². The standard InChI is InChI=1S/C19H20N2O5S/c22-18(13-20-17-9-2-1-8-16(17)19(23)24)14-6-5-7-15(12-14)27(25,26)21-10-3-4-11-21/h1-2,5-9,12,20H,3-4,10-11,13H2,(H,23,24). The number of nitrogens with one attached hydrogen (secondary N) is 1. The number of sulfonamides is 1. The lowest BCUT2D eigenvalue weighted by Crippen LogP contribution is -2.28. The van der Waals surface area contributed by atoms with Crippen LogP contribution in [0.2, 0.25) is 0 Å². The molecule has 0 saturated carbocycles. The van der Waals surface area contributed by atoms with Gasteiger partial charge in [0.25, 0.3) is 0 Å². The Balaban J connectivity index is 1.76. The van der Waals surface area contributed by atoms with E-state index < -0.39 is 16.0 Å². The van der Waals surface area contributed by atoms with Gasteiger partial charge in [0.05, 0.1) is 17.0 Å². The second-order valence-corrected chi connectivity index (χ2v) is 8.20. The Morgan fingerprint density at radius 1 is 1.04 bits per heavy atom. The van der Waals surface area contributed by atoms with Crippen LogP contribution in [0.1, 0.15) is 33.6 Å². The fraction of sp³-hybridized carbons (Fsp3) is 0.263. The SMILES string of the molecule is O=C(CNc1ccccc1C(=O)O)c1cccc(S(=O)(=O)N2CCCC2)c1. The van der Waals surface area contributed by atoms with E-state index in [9.17, 15) is 23.1 Å². The molecule has 1 heterocycles. The van der Waals surface area contributed by atoms with Crippen molar-refractivity contribution in [2.45, 2.75) is 17.7 Å². The number of ketones is 1. The van der Waals surface area contributed by atoms with Crippen LogP contribution in [0.25, 0.3) is 0 Å². The van der Waals surface area contributed by atoms with Crippen LogP contribution in [0, 0.1) is 0 Å². The van der Waals surface area contributed by atoms with Gasteiger partial charge >= 0.3 is 5.97 Å². The van der Waals surface area contributed by atoms with Gasteiger partial charge in [-0.1, -0.05) is 24.3 Å². The van der Waals surface area contributed by atoms with Crippen molar-refractivity contribution in [3.63, 3.8) is 0 Å². The molecule has 2 N–H and O–H groups in total. The van der Waals surface area contributed by atoms with Crippen LogP contribution in [0.3, 0.4) is 0 Å². The average Bonchev–Trinajstić information content (AvgIpc) is 3.22. The molecule has 3 rings (SSSR count). The number of carboxylic acids is 1. The fourth-order valence-corrected chi connectivity index (χ4v) is 4.57. The normalized spacial score (nSPS) is 14.8. The van der Waals surface area contributed by atoms with Crippen LogP contribution in [0.15, 0.2) is 53.4 Å². The second-order valence-electron chi connectivity index (χ2n) is 6.27. The Morgan fingerprint density at radius 2 is 1.74 bits per heavy atom. The monoisotopic (exact) mass is 388 g/mol. The minimum absolute atomic E-state index is 0.0654. The Hall–Kier alpha value is -2.71. The van der Waals surface area contributed by atoms with Gasteiger partial charge in [-0.3, -0.25) is 4.79 Å². The van der Waals surface area contributed by atoms with Crippen LogP contribution in [0.5, 0.6) is 0 Å². The number of para-hydroxylation sites is 1. The van der Waals surface area contributed by atoms with Gasteiger partial charge in [-0.25, -0.2) is 13.2 Å². The highest BCUT2D eigenvalue weighted by molar-refractivity contribution is 7.89. The third kappa shape index (κ3) is 4.17. The molecule has 0 unspecified atom stereocenters. The number of benzene rings is 2. The molecular formula is C19H20N2O5S. The highest BCUT2D eigenvalue weighted by Gasteiger charge is 2.27. The smallest absolute Gasteiger partial charge is 0.337 e. The number of Topliss-reactive ketones (excluding diaryl/α,β-unsaturated/α-hetero) is 1. The van der Waals surface area contributed by atoms with E-state index in [0.29, 0.717) is 18.8 Å². The van der Waals surface area contributed by atoms with E-state index in [2.05, 4.69) is 5.32 Å². The van der Waals surface area contributed by atoms with Gasteiger partial charge < -0.3 is 10.4 Å². The summed E-state index contributed by atoms with van der Waals surface area (Å²) in [5.41, 5.74) is 0.658. The van der Waals surface area contributed by atoms with E-state index in [4.69, 9.17) is 0 Å². The van der Waals surface area contributed by atoms with Gasteiger partial charge in [0.15, 0.2) is 5.78 Å². The summed E-state index contributed by atoms with van der Waals surface area (Å²) >= 11 is 0. The number of hydrogen-bond donors (Lipinski definition) is 2. The quantitative estimate of drug-likeness (QED) is 0.706. The van der Waals surface area contributed by atoms with Gasteiger partial charge in [0.1, 0.15) is 0 Å². The van der Waals surface area contributed by atoms with E-state index in [0.717, 1.165) is 12.8 Å². The summed E-state index contributed by atoms with van der Waals surface area (Å²) < 4.78 is 26.7. The lowest BCUT2D eigenvalue weighted by molar-refractivity contribution is 0.0697. The van der Waals surface area contributed by atoms with E-state index in [1.807, 2.05) is 0 Å². The molecule has 0 radical (unpaired) electrons. The Labute approximate surface area is 157 Å². The summed E-state index contributed by atoms with van der Waals surface area (Å²) in [6, 6.07) is 12.2. The lowest BCUT2D eigenvalue weighted by atomic mass is 10.1. The summed E-state index contributed by atoms with van der Waals surface area (Å²) in [5, 5.41) is 12.0. The molecule has 0 spiro atoms. The van der Waals surface area contributed by atoms with Crippen molar-refractivity contribution >= 4 is 27.5 Å². The van der Waals surface area contributed by atoms with E-state index in [-0.39, 0.29) is 28.4 Å². The van der Waals surface area contributed by atoms with Crippen molar-refractivity contribution < 1.29 is 23.1 Å². The van der Waals surface area contributed by atoms with Crippen LogP contribution >= 0.6 is 0 Å². The third-order valence-corrected chi connectivity index (χ3v) is 6.35. The zero-order valence-electron chi connectivity index (χ0n) is 14.6. The van der Waals surface area contributed by atoms with Crippen LogP contribution in [-0.4, -0.2) is 49.2 Å². The Morgan fingerprint density at radius 3 is 2.44 bits per heavy atom. The van der Waals surface area contributed by atoms with Crippen molar-refractivity contribution in [1.82, 2.24) is 4.31 Å². The fourth-order valence-electron chi connectivity index (χ4n) is 3.01. The third-order valence-electron chi connectivity index (χ3n) is 4.46. The molecule has 2 aromatic rings. The number of carbonyl (C=O) groups excluding carboxylic acids is 1. The first-order chi connectivity index (χ1) is 12.9. The summed E-state index contributed by atoms with van der Waals surface area (Å²) in [6.07, 6.45) is 1.68. The Bertz CT molecular complexity index is 966. The number of rotatable bonds is 7. The largest absolute Gasteiger partial charge is 0.478 e. The maximum absolute atomic E-state index is 12.6. The molecule has 1 aliphatic rings. The van der Waals surface area contributed by atoms with Crippen LogP contribution in [0.4, 0.5) is 5.69 Å². The molecule has 0 amide bonds. The van der Waals surface area contributed by atoms with Crippen molar-refractivity contribution in [2.75, 3.05) is 25.0 Å². The summed E-state index contributed by atoms with van der Waals surface area (Å²) in [6.45, 7) is 0.847. The highest BCUT2D eigenvalue weighted by Crippen LogP contribution is 2.22. The molecule has 0 aliphatic carbocycles. The Kier molecular flexibility index (Phi) is 5.57. The summed E-state index contributed by atoms with van der Waals surface area (Å²) in [4.78, 5) is 23.8. The van der Waals surface area contributed by atoms with Gasteiger partial charge in [0, 0.05) is 24.3 Å². The van der Waals surface area contributed by atoms with Gasteiger partial charge in [-0.05, 0) is 37.1 Å². The van der Waals surface area contributed by atoms with Gasteiger partial charge in [-0.2, -0.15) is 4.31 Å². The zero-order chi connectivity index (χ0) is 19.4. The number of anilines is 1. The summed E-state index contributed by atoms with van der Waals surface area (Å²) in [5.74, 6) is -1.42. The molecule has 0 aromatic heterocycles. The van der Waals surface area contributed by atoms with Crippen molar-refractivity contribution in [1.29, 1.82) is 0 Å². The van der Waals surface area contributed by atoms with Crippen LogP contribution in [-0.2, 0) is 10.0 Å². The predicted molar refractivity (Wildman–Crippen MR) is 101 cm³/mol. The number of carboxylic acid groups (broad SMARTS) is 1. The van der Waals surface area contributed by atoms with E-state index in [1.54, 1.807) is 30.3 Å². The topological polar surface area (TPSA) is 104 Å². The highest BCUT2D eigenvalue weighted by atomic mass is 32.2. The number of hydrogen-bond acceptors (Lipinski definition) is 5. The molecule has 1 aliphatic heterocycles. The molecule has 1 saturated heterocycles. The van der Waals surface area contributed by atoms with E-state index >= 15 is 0 Å². The first-order valence-electron chi connectivity index (χ1n) is 8.59. The molecule has 8 heteroatoms. The molecule has 1 fully saturated rings. The van der Waals surface area contributed by atoms with Gasteiger partial charge in [-0.15, -0.1) is 0 Å². The van der Waals surface area contributed by atoms with Crippen LogP contribution < -0.4 is 5.32 Å². The molecule has 0 atom stereocenters. The first-order valence-corrected chi connectivity index (χ1v) is 10.0. The molecule has 27 heavy (non-hydrogen) atoms. The first kappa shape index (κ1) is 19.1. The summed E-state index contributed by atoms with van der Waals surface area (Å²) in [7, 11) is -3.60. The minimum Gasteiger partial charge on any atom is -0.478 e. The minimum atomic E-state index is -3.60. The average molecular weight is 388 g/mol. The van der Waals surface area contributed by atoms with Crippen molar-refractivity contribution in [3.05, 3.63) is 59.7 Å². The van der Waals surface area contributed by atoms with Gasteiger partial charge in [0.2, 0.25) is 10.0 Å². The second kappa shape index (κ2) is 7.89. The lowest BCUT2D eigenvalue weighted by Gasteiger charge is -2.16. The number of carbonyl (C=O) groups is 2. The molecular weight excluding hydrogens is 368 g/mol.